The molecule has 0 atom stereocenters. The van der Waals surface area contributed by atoms with Crippen molar-refractivity contribution in [3.05, 3.63) is 0 Å². The molecule has 0 rings (SSSR count). The molecule has 0 aromatic carbocycles. The summed E-state index contributed by atoms with van der Waals surface area (Å²) in [5.74, 6) is -9.65. The molecule has 0 radical (unpaired) electrons. The number of hydrogen-bond acceptors (Lipinski definition) is 2. The minimum absolute atomic E-state index is 0.0388. The molecule has 0 bridgehead atoms. The molecule has 144 valence electrons. The molecular weight excluding hydrogens is 359 g/mol. The molecule has 0 aromatic heterocycles. The van der Waals surface area contributed by atoms with Gasteiger partial charge in [-0.15, -0.1) is 0 Å². The molecule has 0 N–H and O–H groups in total. The predicted molar refractivity (Wildman–Crippen MR) is 65.2 cm³/mol. The normalized spacial score (nSPS) is 13.9. The Morgan fingerprint density at radius 3 is 1.58 bits per heavy atom. The van der Waals surface area contributed by atoms with Gasteiger partial charge in [-0.3, -0.25) is 0 Å². The minimum atomic E-state index is -7.05. The number of carbonyl (C=O) groups excluding carboxylic acids is 1. The van der Waals surface area contributed by atoms with Crippen LogP contribution < -0.4 is 0 Å². The number of carbonyl (C=O) groups is 1. The van der Waals surface area contributed by atoms with Crippen molar-refractivity contribution in [2.24, 2.45) is 0 Å². The molecule has 0 amide bonds. The van der Waals surface area contributed by atoms with Crippen LogP contribution in [0.1, 0.15) is 45.4 Å². The number of ether oxygens (including phenoxy) is 1. The highest BCUT2D eigenvalue weighted by Crippen LogP contribution is 2.54. The maximum absolute atomic E-state index is 13.2. The lowest BCUT2D eigenvalue weighted by atomic mass is 9.96. The summed E-state index contributed by atoms with van der Waals surface area (Å²) in [5.41, 5.74) is -7.02. The Morgan fingerprint density at radius 2 is 1.17 bits per heavy atom. The second kappa shape index (κ2) is 8.28. The largest absolute Gasteiger partial charge is 0.461 e. The summed E-state index contributed by atoms with van der Waals surface area (Å²) in [7, 11) is 0. The minimum Gasteiger partial charge on any atom is -0.461 e. The molecule has 24 heavy (non-hydrogen) atoms. The number of halogens is 9. The first kappa shape index (κ1) is 22.8. The van der Waals surface area contributed by atoms with Gasteiger partial charge in [0.05, 0.1) is 6.61 Å². The maximum Gasteiger partial charge on any atom is 0.438 e. The zero-order chi connectivity index (χ0) is 19.2. The van der Waals surface area contributed by atoms with Crippen molar-refractivity contribution in [1.29, 1.82) is 0 Å². The lowest BCUT2D eigenvalue weighted by Gasteiger charge is -2.34. The molecular formula is C13H17F9O2. The SMILES string of the molecule is CCCCCCCCOC(=O)C(F)(F)C(F)(C(F)(F)F)C(F)(F)F. The molecule has 0 unspecified atom stereocenters. The number of esters is 1. The number of alkyl halides is 9. The summed E-state index contributed by atoms with van der Waals surface area (Å²) >= 11 is 0. The van der Waals surface area contributed by atoms with E-state index in [4.69, 9.17) is 0 Å². The van der Waals surface area contributed by atoms with Gasteiger partial charge in [0.2, 0.25) is 0 Å². The molecule has 0 saturated heterocycles. The highest BCUT2D eigenvalue weighted by atomic mass is 19.4. The monoisotopic (exact) mass is 376 g/mol. The topological polar surface area (TPSA) is 26.3 Å². The van der Waals surface area contributed by atoms with Crippen LogP contribution in [0.3, 0.4) is 0 Å². The third-order valence-corrected chi connectivity index (χ3v) is 3.20. The smallest absolute Gasteiger partial charge is 0.438 e. The molecule has 0 aliphatic heterocycles. The van der Waals surface area contributed by atoms with Crippen LogP contribution in [0.25, 0.3) is 0 Å². The number of rotatable bonds is 9. The Morgan fingerprint density at radius 1 is 0.750 bits per heavy atom. The van der Waals surface area contributed by atoms with E-state index in [9.17, 15) is 44.3 Å². The summed E-state index contributed by atoms with van der Waals surface area (Å²) in [6, 6.07) is 0. The molecule has 0 saturated carbocycles. The van der Waals surface area contributed by atoms with E-state index in [2.05, 4.69) is 4.74 Å². The zero-order valence-corrected chi connectivity index (χ0v) is 12.7. The Hall–Kier alpha value is -1.16. The van der Waals surface area contributed by atoms with E-state index in [0.717, 1.165) is 19.3 Å². The van der Waals surface area contributed by atoms with E-state index < -0.39 is 36.5 Å². The average molecular weight is 376 g/mol. The average Bonchev–Trinajstić information content (AvgIpc) is 2.42. The lowest BCUT2D eigenvalue weighted by molar-refractivity contribution is -0.390. The third-order valence-electron chi connectivity index (χ3n) is 3.20. The standard InChI is InChI=1S/C13H17F9O2/c1-2-3-4-5-6-7-8-24-9(23)10(14,15)11(16,12(17,18)19)13(20,21)22/h2-8H2,1H3. The Bertz CT molecular complexity index is 387. The van der Waals surface area contributed by atoms with Crippen molar-refractivity contribution < 1.29 is 49.0 Å². The Labute approximate surface area is 132 Å². The fourth-order valence-electron chi connectivity index (χ4n) is 1.80. The molecule has 0 aliphatic carbocycles. The van der Waals surface area contributed by atoms with Gasteiger partial charge in [0, 0.05) is 0 Å². The lowest BCUT2D eigenvalue weighted by Crippen LogP contribution is -2.67. The quantitative estimate of drug-likeness (QED) is 0.308. The van der Waals surface area contributed by atoms with E-state index in [1.807, 2.05) is 6.92 Å². The van der Waals surface area contributed by atoms with Crippen molar-refractivity contribution in [3.63, 3.8) is 0 Å². The van der Waals surface area contributed by atoms with Crippen molar-refractivity contribution in [3.8, 4) is 0 Å². The molecule has 0 fully saturated rings. The van der Waals surface area contributed by atoms with Crippen LogP contribution in [0.15, 0.2) is 0 Å². The second-order valence-electron chi connectivity index (χ2n) is 5.13. The van der Waals surface area contributed by atoms with Crippen LogP contribution in [0.4, 0.5) is 39.5 Å². The summed E-state index contributed by atoms with van der Waals surface area (Å²) in [5, 5.41) is 0. The van der Waals surface area contributed by atoms with Crippen molar-refractivity contribution in [1.82, 2.24) is 0 Å². The summed E-state index contributed by atoms with van der Waals surface area (Å²) in [4.78, 5) is 10.9. The highest BCUT2D eigenvalue weighted by Gasteiger charge is 2.87. The number of hydrogen-bond donors (Lipinski definition) is 0. The van der Waals surface area contributed by atoms with Gasteiger partial charge >= 0.3 is 29.9 Å². The van der Waals surface area contributed by atoms with Gasteiger partial charge in [-0.25, -0.2) is 9.18 Å². The highest BCUT2D eigenvalue weighted by molar-refractivity contribution is 5.79. The molecule has 2 nitrogen and oxygen atoms in total. The molecule has 0 spiro atoms. The van der Waals surface area contributed by atoms with E-state index in [1.165, 1.54) is 0 Å². The first-order chi connectivity index (χ1) is 10.7. The summed E-state index contributed by atoms with van der Waals surface area (Å²) in [6.07, 6.45) is -10.5. The first-order valence-corrected chi connectivity index (χ1v) is 7.10. The second-order valence-corrected chi connectivity index (χ2v) is 5.13. The zero-order valence-electron chi connectivity index (χ0n) is 12.7. The van der Waals surface area contributed by atoms with Crippen LogP contribution in [0.5, 0.6) is 0 Å². The van der Waals surface area contributed by atoms with Gasteiger partial charge < -0.3 is 4.74 Å². The number of unbranched alkanes of at least 4 members (excludes halogenated alkanes) is 5. The first-order valence-electron chi connectivity index (χ1n) is 7.10. The van der Waals surface area contributed by atoms with Gasteiger partial charge in [-0.2, -0.15) is 35.1 Å². The molecule has 11 heteroatoms. The van der Waals surface area contributed by atoms with Crippen LogP contribution in [-0.2, 0) is 9.53 Å². The van der Waals surface area contributed by atoms with E-state index in [1.54, 1.807) is 0 Å². The molecule has 0 aromatic rings. The fraction of sp³-hybridized carbons (Fsp3) is 0.923. The fourth-order valence-corrected chi connectivity index (χ4v) is 1.80. The van der Waals surface area contributed by atoms with Crippen LogP contribution >= 0.6 is 0 Å². The third kappa shape index (κ3) is 4.92. The van der Waals surface area contributed by atoms with Crippen molar-refractivity contribution in [2.75, 3.05) is 6.61 Å². The Balaban J connectivity index is 4.86. The van der Waals surface area contributed by atoms with Crippen LogP contribution in [0.2, 0.25) is 0 Å². The van der Waals surface area contributed by atoms with E-state index in [0.29, 0.717) is 12.8 Å². The Kier molecular flexibility index (Phi) is 7.88. The summed E-state index contributed by atoms with van der Waals surface area (Å²) in [6.45, 7) is 1.10. The van der Waals surface area contributed by atoms with Crippen molar-refractivity contribution >= 4 is 5.97 Å². The van der Waals surface area contributed by atoms with Gasteiger partial charge in [0.1, 0.15) is 0 Å². The predicted octanol–water partition coefficient (Wildman–Crippen LogP) is 5.36. The van der Waals surface area contributed by atoms with E-state index in [-0.39, 0.29) is 6.42 Å². The van der Waals surface area contributed by atoms with Crippen LogP contribution in [0, 0.1) is 0 Å². The van der Waals surface area contributed by atoms with Crippen molar-refractivity contribution in [2.45, 2.75) is 69.4 Å². The maximum atomic E-state index is 13.2. The van der Waals surface area contributed by atoms with Gasteiger partial charge in [0.25, 0.3) is 0 Å². The van der Waals surface area contributed by atoms with Gasteiger partial charge in [0.15, 0.2) is 0 Å². The molecule has 0 heterocycles. The summed E-state index contributed by atoms with van der Waals surface area (Å²) < 4.78 is 117. The van der Waals surface area contributed by atoms with E-state index >= 15 is 0 Å². The van der Waals surface area contributed by atoms with Gasteiger partial charge in [-0.1, -0.05) is 39.0 Å². The van der Waals surface area contributed by atoms with Gasteiger partial charge in [-0.05, 0) is 6.42 Å². The van der Waals surface area contributed by atoms with Crippen LogP contribution in [-0.4, -0.2) is 36.5 Å². The molecule has 0 aliphatic rings.